The van der Waals surface area contributed by atoms with Crippen molar-refractivity contribution in [3.8, 4) is 6.07 Å². The first-order valence-electron chi connectivity index (χ1n) is 4.97. The van der Waals surface area contributed by atoms with Gasteiger partial charge in [-0.2, -0.15) is 5.26 Å². The smallest absolute Gasteiger partial charge is 0.0993 e. The van der Waals surface area contributed by atoms with E-state index in [-0.39, 0.29) is 0 Å². The molecule has 0 unspecified atom stereocenters. The van der Waals surface area contributed by atoms with Crippen molar-refractivity contribution in [3.05, 3.63) is 22.7 Å². The molecule has 5 heteroatoms. The number of halogens is 1. The molecule has 0 atom stereocenters. The van der Waals surface area contributed by atoms with Crippen LogP contribution in [0.15, 0.2) is 12.1 Å². The molecular formula is C11H14ClN3O. The molecule has 16 heavy (non-hydrogen) atoms. The third-order valence-corrected chi connectivity index (χ3v) is 2.52. The molecule has 1 fully saturated rings. The van der Waals surface area contributed by atoms with Gasteiger partial charge in [-0.15, -0.1) is 0 Å². The Morgan fingerprint density at radius 3 is 2.00 bits per heavy atom. The third-order valence-electron chi connectivity index (χ3n) is 2.09. The Balaban J connectivity index is 0.000000212. The van der Waals surface area contributed by atoms with E-state index in [2.05, 4.69) is 0 Å². The van der Waals surface area contributed by atoms with Crippen LogP contribution in [-0.4, -0.2) is 13.2 Å². The predicted octanol–water partition coefficient (Wildman–Crippen LogP) is 2.17. The van der Waals surface area contributed by atoms with Crippen LogP contribution >= 0.6 is 11.6 Å². The van der Waals surface area contributed by atoms with E-state index in [4.69, 9.17) is 33.1 Å². The molecule has 4 nitrogen and oxygen atoms in total. The van der Waals surface area contributed by atoms with E-state index in [1.807, 2.05) is 6.07 Å². The van der Waals surface area contributed by atoms with Crippen LogP contribution in [0.5, 0.6) is 0 Å². The summed E-state index contributed by atoms with van der Waals surface area (Å²) >= 11 is 5.65. The molecule has 4 N–H and O–H groups in total. The molecular weight excluding hydrogens is 226 g/mol. The van der Waals surface area contributed by atoms with Crippen molar-refractivity contribution < 1.29 is 4.74 Å². The summed E-state index contributed by atoms with van der Waals surface area (Å²) in [5.41, 5.74) is 12.0. The van der Waals surface area contributed by atoms with E-state index in [1.54, 1.807) is 0 Å². The van der Waals surface area contributed by atoms with Crippen molar-refractivity contribution in [2.24, 2.45) is 0 Å². The SMILES string of the molecule is C1CCOC1.N#Cc1cc(N)c(Cl)c(N)c1. The summed E-state index contributed by atoms with van der Waals surface area (Å²) < 4.78 is 4.94. The second-order valence-corrected chi connectivity index (χ2v) is 3.78. The standard InChI is InChI=1S/C7H6ClN3.C4H8O/c8-7-5(10)1-4(3-9)2-6(7)11;1-2-4-5-3-1/h1-2H,10-11H2;1-4H2. The molecule has 1 saturated heterocycles. The van der Waals surface area contributed by atoms with Crippen LogP contribution in [0, 0.1) is 11.3 Å². The second kappa shape index (κ2) is 6.21. The Hall–Kier alpha value is -1.44. The zero-order valence-corrected chi connectivity index (χ0v) is 9.63. The average molecular weight is 240 g/mol. The molecule has 2 rings (SSSR count). The van der Waals surface area contributed by atoms with E-state index in [9.17, 15) is 0 Å². The monoisotopic (exact) mass is 239 g/mol. The van der Waals surface area contributed by atoms with Crippen LogP contribution in [0.1, 0.15) is 18.4 Å². The zero-order valence-electron chi connectivity index (χ0n) is 8.87. The van der Waals surface area contributed by atoms with Crippen LogP contribution < -0.4 is 11.5 Å². The number of nitrogens with two attached hydrogens (primary N) is 2. The molecule has 1 aromatic carbocycles. The van der Waals surface area contributed by atoms with Crippen molar-refractivity contribution in [2.45, 2.75) is 12.8 Å². The first-order chi connectivity index (χ1) is 7.65. The van der Waals surface area contributed by atoms with Crippen LogP contribution in [0.3, 0.4) is 0 Å². The van der Waals surface area contributed by atoms with E-state index < -0.39 is 0 Å². The minimum Gasteiger partial charge on any atom is -0.397 e. The van der Waals surface area contributed by atoms with E-state index in [0.29, 0.717) is 22.0 Å². The van der Waals surface area contributed by atoms with Gasteiger partial charge in [0.25, 0.3) is 0 Å². The quantitative estimate of drug-likeness (QED) is 0.680. The number of nitrogen functional groups attached to an aromatic ring is 2. The van der Waals surface area contributed by atoms with Crippen molar-refractivity contribution in [1.29, 1.82) is 5.26 Å². The maximum absolute atomic E-state index is 8.47. The van der Waals surface area contributed by atoms with Gasteiger partial charge in [-0.3, -0.25) is 0 Å². The van der Waals surface area contributed by atoms with E-state index in [0.717, 1.165) is 13.2 Å². The topological polar surface area (TPSA) is 85.1 Å². The Kier molecular flexibility index (Phi) is 4.90. The predicted molar refractivity (Wildman–Crippen MR) is 65.0 cm³/mol. The summed E-state index contributed by atoms with van der Waals surface area (Å²) in [5.74, 6) is 0. The summed E-state index contributed by atoms with van der Waals surface area (Å²) in [4.78, 5) is 0. The van der Waals surface area contributed by atoms with Crippen LogP contribution in [0.25, 0.3) is 0 Å². The molecule has 1 heterocycles. The van der Waals surface area contributed by atoms with Gasteiger partial charge in [0.2, 0.25) is 0 Å². The minimum absolute atomic E-state index is 0.309. The second-order valence-electron chi connectivity index (χ2n) is 3.40. The van der Waals surface area contributed by atoms with Gasteiger partial charge in [0, 0.05) is 13.2 Å². The number of hydrogen-bond acceptors (Lipinski definition) is 4. The molecule has 0 spiro atoms. The Morgan fingerprint density at radius 1 is 1.19 bits per heavy atom. The molecule has 0 bridgehead atoms. The summed E-state index contributed by atoms with van der Waals surface area (Å²) in [6, 6.07) is 4.89. The minimum atomic E-state index is 0.309. The summed E-state index contributed by atoms with van der Waals surface area (Å²) in [7, 11) is 0. The fourth-order valence-electron chi connectivity index (χ4n) is 1.24. The number of anilines is 2. The fraction of sp³-hybridized carbons (Fsp3) is 0.364. The lowest BCUT2D eigenvalue weighted by molar-refractivity contribution is 0.198. The van der Waals surface area contributed by atoms with E-state index in [1.165, 1.54) is 25.0 Å². The number of nitrogens with zero attached hydrogens (tertiary/aromatic N) is 1. The zero-order chi connectivity index (χ0) is 12.0. The van der Waals surface area contributed by atoms with Crippen LogP contribution in [0.4, 0.5) is 11.4 Å². The summed E-state index contributed by atoms with van der Waals surface area (Å²) in [6.07, 6.45) is 2.56. The molecule has 0 saturated carbocycles. The van der Waals surface area contributed by atoms with Gasteiger partial charge in [-0.05, 0) is 25.0 Å². The molecule has 1 aromatic rings. The number of hydrogen-bond donors (Lipinski definition) is 2. The molecule has 0 aromatic heterocycles. The molecule has 0 aliphatic carbocycles. The maximum Gasteiger partial charge on any atom is 0.0993 e. The first-order valence-corrected chi connectivity index (χ1v) is 5.35. The molecule has 1 aliphatic rings. The highest BCUT2D eigenvalue weighted by Crippen LogP contribution is 2.26. The van der Waals surface area contributed by atoms with Gasteiger partial charge in [0.1, 0.15) is 0 Å². The fourth-order valence-corrected chi connectivity index (χ4v) is 1.35. The number of rotatable bonds is 0. The molecule has 0 amide bonds. The van der Waals surface area contributed by atoms with Gasteiger partial charge in [-0.1, -0.05) is 11.6 Å². The Morgan fingerprint density at radius 2 is 1.69 bits per heavy atom. The highest BCUT2D eigenvalue weighted by molar-refractivity contribution is 6.35. The summed E-state index contributed by atoms with van der Waals surface area (Å²) in [5, 5.41) is 8.78. The van der Waals surface area contributed by atoms with Crippen molar-refractivity contribution >= 4 is 23.0 Å². The largest absolute Gasteiger partial charge is 0.397 e. The van der Waals surface area contributed by atoms with Gasteiger partial charge in [-0.25, -0.2) is 0 Å². The lowest BCUT2D eigenvalue weighted by atomic mass is 10.2. The molecule has 1 aliphatic heterocycles. The lowest BCUT2D eigenvalue weighted by Crippen LogP contribution is -1.93. The number of ether oxygens (including phenoxy) is 1. The Bertz CT molecular complexity index is 366. The van der Waals surface area contributed by atoms with Crippen LogP contribution in [0.2, 0.25) is 5.02 Å². The van der Waals surface area contributed by atoms with Gasteiger partial charge < -0.3 is 16.2 Å². The van der Waals surface area contributed by atoms with Crippen molar-refractivity contribution in [2.75, 3.05) is 24.7 Å². The molecule has 86 valence electrons. The highest BCUT2D eigenvalue weighted by atomic mass is 35.5. The average Bonchev–Trinajstić information content (AvgIpc) is 2.83. The number of benzene rings is 1. The lowest BCUT2D eigenvalue weighted by Gasteiger charge is -2.01. The maximum atomic E-state index is 8.47. The van der Waals surface area contributed by atoms with Crippen LogP contribution in [-0.2, 0) is 4.74 Å². The van der Waals surface area contributed by atoms with Gasteiger partial charge in [0.15, 0.2) is 0 Å². The highest BCUT2D eigenvalue weighted by Gasteiger charge is 2.02. The van der Waals surface area contributed by atoms with Gasteiger partial charge in [0.05, 0.1) is 28.0 Å². The Labute approximate surface area is 99.7 Å². The van der Waals surface area contributed by atoms with Crippen molar-refractivity contribution in [1.82, 2.24) is 0 Å². The normalized spacial score (nSPS) is 13.8. The number of nitriles is 1. The summed E-state index contributed by atoms with van der Waals surface area (Å²) in [6.45, 7) is 2.00. The van der Waals surface area contributed by atoms with E-state index >= 15 is 0 Å². The van der Waals surface area contributed by atoms with Crippen molar-refractivity contribution in [3.63, 3.8) is 0 Å². The van der Waals surface area contributed by atoms with Gasteiger partial charge >= 0.3 is 0 Å². The first kappa shape index (κ1) is 12.6. The third kappa shape index (κ3) is 3.61. The molecule has 0 radical (unpaired) electrons.